The lowest BCUT2D eigenvalue weighted by molar-refractivity contribution is -0.138. The Kier molecular flexibility index (Phi) is 6.03. The van der Waals surface area contributed by atoms with E-state index in [9.17, 15) is 9.59 Å². The first kappa shape index (κ1) is 16.3. The number of rotatable bonds is 6. The number of carboxylic acids is 1. The Morgan fingerprint density at radius 1 is 1.24 bits per heavy atom. The molecule has 2 unspecified atom stereocenters. The Morgan fingerprint density at radius 3 is 2.62 bits per heavy atom. The van der Waals surface area contributed by atoms with Gasteiger partial charge in [0.1, 0.15) is 0 Å². The molecule has 1 saturated heterocycles. The maximum atomic E-state index is 12.3. The number of aliphatic carboxylic acids is 1. The molecular weight excluding hydrogens is 268 g/mol. The van der Waals surface area contributed by atoms with Crippen LogP contribution in [0.15, 0.2) is 0 Å². The first-order valence-corrected chi connectivity index (χ1v) is 8.29. The molecular formula is C16H28N2O3. The van der Waals surface area contributed by atoms with Gasteiger partial charge < -0.3 is 15.3 Å². The highest BCUT2D eigenvalue weighted by Crippen LogP contribution is 2.26. The van der Waals surface area contributed by atoms with Crippen LogP contribution in [0.3, 0.4) is 0 Å². The van der Waals surface area contributed by atoms with Crippen molar-refractivity contribution in [2.24, 2.45) is 11.8 Å². The maximum Gasteiger partial charge on any atom is 0.303 e. The fourth-order valence-electron chi connectivity index (χ4n) is 3.62. The van der Waals surface area contributed by atoms with E-state index in [0.29, 0.717) is 18.5 Å². The monoisotopic (exact) mass is 296 g/mol. The lowest BCUT2D eigenvalue weighted by Crippen LogP contribution is -2.46. The zero-order chi connectivity index (χ0) is 15.2. The van der Waals surface area contributed by atoms with Crippen LogP contribution >= 0.6 is 0 Å². The molecule has 2 atom stereocenters. The predicted octanol–water partition coefficient (Wildman–Crippen LogP) is 1.87. The van der Waals surface area contributed by atoms with E-state index < -0.39 is 5.97 Å². The molecule has 1 aliphatic heterocycles. The zero-order valence-electron chi connectivity index (χ0n) is 13.0. The maximum absolute atomic E-state index is 12.3. The highest BCUT2D eigenvalue weighted by Gasteiger charge is 2.28. The third-order valence-corrected chi connectivity index (χ3v) is 5.01. The molecule has 2 N–H and O–H groups in total. The molecule has 2 fully saturated rings. The highest BCUT2D eigenvalue weighted by atomic mass is 16.4. The van der Waals surface area contributed by atoms with Crippen molar-refractivity contribution in [3.8, 4) is 0 Å². The number of piperidine rings is 1. The van der Waals surface area contributed by atoms with Crippen LogP contribution in [0.4, 0.5) is 0 Å². The van der Waals surface area contributed by atoms with Crippen LogP contribution < -0.4 is 5.32 Å². The molecule has 21 heavy (non-hydrogen) atoms. The second-order valence-electron chi connectivity index (χ2n) is 6.68. The van der Waals surface area contributed by atoms with Crippen molar-refractivity contribution in [2.45, 2.75) is 57.9 Å². The van der Waals surface area contributed by atoms with Gasteiger partial charge in [0, 0.05) is 25.6 Å². The van der Waals surface area contributed by atoms with Crippen molar-refractivity contribution in [2.75, 3.05) is 19.6 Å². The molecule has 0 aromatic carbocycles. The van der Waals surface area contributed by atoms with Crippen molar-refractivity contribution in [1.29, 1.82) is 0 Å². The zero-order valence-corrected chi connectivity index (χ0v) is 13.0. The standard InChI is InChI=1S/C16H28N2O3/c1-12(9-16(20)21)13-5-4-8-18(11-13)15(19)10-17-14-6-2-3-7-14/h12-14,17H,2-11H2,1H3,(H,20,21). The quantitative estimate of drug-likeness (QED) is 0.785. The van der Waals surface area contributed by atoms with E-state index in [1.807, 2.05) is 11.8 Å². The molecule has 0 aromatic rings. The third kappa shape index (κ3) is 4.99. The van der Waals surface area contributed by atoms with Crippen LogP contribution in [-0.4, -0.2) is 47.6 Å². The Balaban J connectivity index is 1.76. The molecule has 5 heteroatoms. The van der Waals surface area contributed by atoms with Gasteiger partial charge in [0.15, 0.2) is 0 Å². The normalized spacial score (nSPS) is 25.0. The fraction of sp³-hybridized carbons (Fsp3) is 0.875. The number of carboxylic acid groups (broad SMARTS) is 1. The molecule has 0 spiro atoms. The van der Waals surface area contributed by atoms with Crippen LogP contribution in [0, 0.1) is 11.8 Å². The number of nitrogens with one attached hydrogen (secondary N) is 1. The number of hydrogen-bond donors (Lipinski definition) is 2. The van der Waals surface area contributed by atoms with Gasteiger partial charge >= 0.3 is 5.97 Å². The van der Waals surface area contributed by atoms with Gasteiger partial charge in [-0.1, -0.05) is 19.8 Å². The van der Waals surface area contributed by atoms with Crippen LogP contribution in [0.25, 0.3) is 0 Å². The second-order valence-corrected chi connectivity index (χ2v) is 6.68. The SMILES string of the molecule is CC(CC(=O)O)C1CCCN(C(=O)CNC2CCCC2)C1. The smallest absolute Gasteiger partial charge is 0.303 e. The summed E-state index contributed by atoms with van der Waals surface area (Å²) in [5.74, 6) is -0.103. The fourth-order valence-corrected chi connectivity index (χ4v) is 3.62. The average Bonchev–Trinajstić information content (AvgIpc) is 2.97. The molecule has 1 heterocycles. The van der Waals surface area contributed by atoms with Gasteiger partial charge in [-0.15, -0.1) is 0 Å². The summed E-state index contributed by atoms with van der Waals surface area (Å²) < 4.78 is 0. The summed E-state index contributed by atoms with van der Waals surface area (Å²) in [7, 11) is 0. The van der Waals surface area contributed by atoms with Crippen LogP contribution in [0.1, 0.15) is 51.9 Å². The number of carbonyl (C=O) groups excluding carboxylic acids is 1. The largest absolute Gasteiger partial charge is 0.481 e. The van der Waals surface area contributed by atoms with E-state index in [0.717, 1.165) is 25.9 Å². The molecule has 5 nitrogen and oxygen atoms in total. The number of amides is 1. The van der Waals surface area contributed by atoms with Gasteiger partial charge in [-0.05, 0) is 37.5 Å². The second kappa shape index (κ2) is 7.78. The van der Waals surface area contributed by atoms with Crippen LogP contribution in [0.5, 0.6) is 0 Å². The van der Waals surface area contributed by atoms with Gasteiger partial charge in [-0.25, -0.2) is 0 Å². The predicted molar refractivity (Wildman–Crippen MR) is 81.0 cm³/mol. The molecule has 0 bridgehead atoms. The average molecular weight is 296 g/mol. The van der Waals surface area contributed by atoms with Gasteiger partial charge in [-0.3, -0.25) is 9.59 Å². The number of hydrogen-bond acceptors (Lipinski definition) is 3. The first-order chi connectivity index (χ1) is 10.1. The minimum atomic E-state index is -0.742. The molecule has 120 valence electrons. The summed E-state index contributed by atoms with van der Waals surface area (Å²) in [6.45, 7) is 3.97. The minimum absolute atomic E-state index is 0.140. The van der Waals surface area contributed by atoms with Crippen molar-refractivity contribution in [1.82, 2.24) is 10.2 Å². The summed E-state index contributed by atoms with van der Waals surface area (Å²) in [4.78, 5) is 25.0. The van der Waals surface area contributed by atoms with E-state index in [2.05, 4.69) is 5.32 Å². The van der Waals surface area contributed by atoms with E-state index in [1.54, 1.807) is 0 Å². The molecule has 2 aliphatic rings. The Morgan fingerprint density at radius 2 is 1.95 bits per heavy atom. The lowest BCUT2D eigenvalue weighted by Gasteiger charge is -2.35. The summed E-state index contributed by atoms with van der Waals surface area (Å²) in [5.41, 5.74) is 0. The van der Waals surface area contributed by atoms with Crippen molar-refractivity contribution < 1.29 is 14.7 Å². The number of likely N-dealkylation sites (tertiary alicyclic amines) is 1. The van der Waals surface area contributed by atoms with E-state index >= 15 is 0 Å². The summed E-state index contributed by atoms with van der Waals surface area (Å²) in [5, 5.41) is 12.3. The molecule has 0 aromatic heterocycles. The van der Waals surface area contributed by atoms with E-state index in [1.165, 1.54) is 25.7 Å². The molecule has 1 aliphatic carbocycles. The third-order valence-electron chi connectivity index (χ3n) is 5.01. The Bertz CT molecular complexity index is 367. The summed E-state index contributed by atoms with van der Waals surface area (Å²) in [6.07, 6.45) is 7.14. The number of carbonyl (C=O) groups is 2. The Labute approximate surface area is 127 Å². The highest BCUT2D eigenvalue weighted by molar-refractivity contribution is 5.78. The van der Waals surface area contributed by atoms with Crippen molar-refractivity contribution in [3.63, 3.8) is 0 Å². The van der Waals surface area contributed by atoms with E-state index in [4.69, 9.17) is 5.11 Å². The first-order valence-electron chi connectivity index (χ1n) is 8.29. The van der Waals surface area contributed by atoms with Gasteiger partial charge in [-0.2, -0.15) is 0 Å². The van der Waals surface area contributed by atoms with Gasteiger partial charge in [0.05, 0.1) is 6.54 Å². The van der Waals surface area contributed by atoms with Gasteiger partial charge in [0.25, 0.3) is 0 Å². The number of nitrogens with zero attached hydrogens (tertiary/aromatic N) is 1. The van der Waals surface area contributed by atoms with Crippen molar-refractivity contribution in [3.05, 3.63) is 0 Å². The minimum Gasteiger partial charge on any atom is -0.481 e. The molecule has 1 saturated carbocycles. The van der Waals surface area contributed by atoms with Crippen LogP contribution in [0.2, 0.25) is 0 Å². The molecule has 0 radical (unpaired) electrons. The van der Waals surface area contributed by atoms with E-state index in [-0.39, 0.29) is 18.2 Å². The Hall–Kier alpha value is -1.10. The molecule has 1 amide bonds. The lowest BCUT2D eigenvalue weighted by atomic mass is 9.84. The molecule has 2 rings (SSSR count). The summed E-state index contributed by atoms with van der Waals surface area (Å²) >= 11 is 0. The topological polar surface area (TPSA) is 69.6 Å². The van der Waals surface area contributed by atoms with Gasteiger partial charge in [0.2, 0.25) is 5.91 Å². The van der Waals surface area contributed by atoms with Crippen molar-refractivity contribution >= 4 is 11.9 Å². The van der Waals surface area contributed by atoms with Crippen LogP contribution in [-0.2, 0) is 9.59 Å². The summed E-state index contributed by atoms with van der Waals surface area (Å²) in [6, 6.07) is 0.514.